The molecule has 0 unspecified atom stereocenters. The summed E-state index contributed by atoms with van der Waals surface area (Å²) in [5.74, 6) is 0.842. The number of benzene rings is 1. The molecule has 3 heteroatoms. The number of anilines is 1. The van der Waals surface area contributed by atoms with Gasteiger partial charge in [-0.05, 0) is 34.4 Å². The van der Waals surface area contributed by atoms with Crippen LogP contribution in [0.25, 0.3) is 0 Å². The first-order valence-corrected chi connectivity index (χ1v) is 8.32. The highest BCUT2D eigenvalue weighted by atomic mass is 32.1. The lowest BCUT2D eigenvalue weighted by Crippen LogP contribution is -2.17. The van der Waals surface area contributed by atoms with Crippen LogP contribution < -0.4 is 5.32 Å². The summed E-state index contributed by atoms with van der Waals surface area (Å²) in [7, 11) is 0. The van der Waals surface area contributed by atoms with Crippen LogP contribution in [-0.2, 0) is 11.2 Å². The van der Waals surface area contributed by atoms with E-state index in [1.165, 1.54) is 11.1 Å². The number of carbonyl (C=O) groups excluding carboxylic acids is 1. The molecule has 0 aliphatic rings. The first kappa shape index (κ1) is 15.8. The summed E-state index contributed by atoms with van der Waals surface area (Å²) >= 11 is 1.62. The zero-order valence-electron chi connectivity index (χ0n) is 13.1. The van der Waals surface area contributed by atoms with Crippen LogP contribution in [0.5, 0.6) is 0 Å². The molecule has 0 atom stereocenters. The molecule has 1 amide bonds. The van der Waals surface area contributed by atoms with Gasteiger partial charge in [-0.25, -0.2) is 0 Å². The van der Waals surface area contributed by atoms with Gasteiger partial charge in [0.2, 0.25) is 5.91 Å². The molecule has 0 spiro atoms. The molecule has 21 heavy (non-hydrogen) atoms. The van der Waals surface area contributed by atoms with Crippen LogP contribution in [0, 0.1) is 0 Å². The fourth-order valence-electron chi connectivity index (χ4n) is 2.45. The minimum Gasteiger partial charge on any atom is -0.325 e. The van der Waals surface area contributed by atoms with Gasteiger partial charge in [-0.3, -0.25) is 4.79 Å². The molecule has 112 valence electrons. The zero-order valence-corrected chi connectivity index (χ0v) is 14.0. The Morgan fingerprint density at radius 3 is 2.14 bits per heavy atom. The summed E-state index contributed by atoms with van der Waals surface area (Å²) in [6.07, 6.45) is 0.446. The van der Waals surface area contributed by atoms with Crippen molar-refractivity contribution in [3.05, 3.63) is 51.7 Å². The van der Waals surface area contributed by atoms with Crippen LogP contribution in [0.15, 0.2) is 35.7 Å². The molecule has 2 rings (SSSR count). The summed E-state index contributed by atoms with van der Waals surface area (Å²) in [6.45, 7) is 8.64. The molecule has 2 aromatic rings. The Balaban J connectivity index is 2.26. The predicted molar refractivity (Wildman–Crippen MR) is 91.3 cm³/mol. The van der Waals surface area contributed by atoms with Crippen molar-refractivity contribution < 1.29 is 4.79 Å². The van der Waals surface area contributed by atoms with E-state index in [1.54, 1.807) is 11.3 Å². The smallest absolute Gasteiger partial charge is 0.229 e. The van der Waals surface area contributed by atoms with Crippen LogP contribution in [-0.4, -0.2) is 5.91 Å². The molecule has 0 fully saturated rings. The number of nitrogens with one attached hydrogen (secondary N) is 1. The molecule has 0 bridgehead atoms. The average Bonchev–Trinajstić information content (AvgIpc) is 2.91. The van der Waals surface area contributed by atoms with Gasteiger partial charge in [0.05, 0.1) is 6.42 Å². The Labute approximate surface area is 131 Å². The second-order valence-corrected chi connectivity index (χ2v) is 6.96. The lowest BCUT2D eigenvalue weighted by Gasteiger charge is -2.20. The first-order valence-electron chi connectivity index (χ1n) is 7.44. The van der Waals surface area contributed by atoms with Crippen molar-refractivity contribution in [1.29, 1.82) is 0 Å². The van der Waals surface area contributed by atoms with E-state index in [4.69, 9.17) is 0 Å². The van der Waals surface area contributed by atoms with Gasteiger partial charge >= 0.3 is 0 Å². The van der Waals surface area contributed by atoms with Gasteiger partial charge in [-0.15, -0.1) is 11.3 Å². The summed E-state index contributed by atoms with van der Waals surface area (Å²) in [4.78, 5) is 13.4. The van der Waals surface area contributed by atoms with E-state index in [-0.39, 0.29) is 5.91 Å². The normalized spacial score (nSPS) is 11.1. The molecule has 1 N–H and O–H groups in total. The number of para-hydroxylation sites is 1. The lowest BCUT2D eigenvalue weighted by molar-refractivity contribution is -0.115. The Hall–Kier alpha value is -1.61. The third kappa shape index (κ3) is 3.94. The van der Waals surface area contributed by atoms with Crippen molar-refractivity contribution in [3.63, 3.8) is 0 Å². The molecular weight excluding hydrogens is 278 g/mol. The third-order valence-corrected chi connectivity index (χ3v) is 4.43. The fourth-order valence-corrected chi connectivity index (χ4v) is 3.15. The van der Waals surface area contributed by atoms with E-state index < -0.39 is 0 Å². The van der Waals surface area contributed by atoms with E-state index >= 15 is 0 Å². The number of thiophene rings is 1. The molecule has 0 saturated carbocycles. The quantitative estimate of drug-likeness (QED) is 0.810. The summed E-state index contributed by atoms with van der Waals surface area (Å²) in [5.41, 5.74) is 3.42. The highest BCUT2D eigenvalue weighted by Gasteiger charge is 2.16. The van der Waals surface area contributed by atoms with Crippen LogP contribution in [0.3, 0.4) is 0 Å². The summed E-state index contributed by atoms with van der Waals surface area (Å²) in [6, 6.07) is 10.3. The number of hydrogen-bond acceptors (Lipinski definition) is 2. The highest BCUT2D eigenvalue weighted by molar-refractivity contribution is 7.10. The Morgan fingerprint density at radius 2 is 1.67 bits per heavy atom. The minimum atomic E-state index is 0.0625. The average molecular weight is 301 g/mol. The molecule has 1 aromatic carbocycles. The fraction of sp³-hybridized carbons (Fsp3) is 0.389. The molecule has 0 aliphatic heterocycles. The largest absolute Gasteiger partial charge is 0.325 e. The molecule has 1 aromatic heterocycles. The highest BCUT2D eigenvalue weighted by Crippen LogP contribution is 2.32. The van der Waals surface area contributed by atoms with Gasteiger partial charge in [-0.1, -0.05) is 52.0 Å². The molecule has 0 radical (unpaired) electrons. The van der Waals surface area contributed by atoms with Crippen LogP contribution >= 0.6 is 11.3 Å². The van der Waals surface area contributed by atoms with Crippen molar-refractivity contribution in [2.45, 2.75) is 46.0 Å². The van der Waals surface area contributed by atoms with Gasteiger partial charge < -0.3 is 5.32 Å². The maximum Gasteiger partial charge on any atom is 0.229 e. The van der Waals surface area contributed by atoms with Gasteiger partial charge in [0.15, 0.2) is 0 Å². The zero-order chi connectivity index (χ0) is 15.4. The van der Waals surface area contributed by atoms with Crippen molar-refractivity contribution >= 4 is 22.9 Å². The maximum absolute atomic E-state index is 12.3. The third-order valence-electron chi connectivity index (χ3n) is 3.55. The van der Waals surface area contributed by atoms with E-state index in [0.29, 0.717) is 18.3 Å². The van der Waals surface area contributed by atoms with Crippen LogP contribution in [0.2, 0.25) is 0 Å². The number of carbonyl (C=O) groups is 1. The molecule has 2 nitrogen and oxygen atoms in total. The SMILES string of the molecule is CC(C)c1cccc(C(C)C)c1NC(=O)Cc1cccs1. The second-order valence-electron chi connectivity index (χ2n) is 5.93. The predicted octanol–water partition coefficient (Wildman–Crippen LogP) is 5.18. The van der Waals surface area contributed by atoms with Gasteiger partial charge in [0.25, 0.3) is 0 Å². The Bertz CT molecular complexity index is 573. The van der Waals surface area contributed by atoms with E-state index in [2.05, 4.69) is 51.2 Å². The monoisotopic (exact) mass is 301 g/mol. The minimum absolute atomic E-state index is 0.0625. The Kier molecular flexibility index (Phi) is 5.18. The van der Waals surface area contributed by atoms with Gasteiger partial charge in [0.1, 0.15) is 0 Å². The van der Waals surface area contributed by atoms with E-state index in [9.17, 15) is 4.79 Å². The number of amides is 1. The maximum atomic E-state index is 12.3. The van der Waals surface area contributed by atoms with Crippen LogP contribution in [0.4, 0.5) is 5.69 Å². The standard InChI is InChI=1S/C18H23NOS/c1-12(2)15-8-5-9-16(13(3)4)18(15)19-17(20)11-14-7-6-10-21-14/h5-10,12-13H,11H2,1-4H3,(H,19,20). The van der Waals surface area contributed by atoms with Gasteiger partial charge in [0, 0.05) is 10.6 Å². The number of hydrogen-bond donors (Lipinski definition) is 1. The first-order chi connectivity index (χ1) is 9.99. The van der Waals surface area contributed by atoms with Crippen molar-refractivity contribution in [3.8, 4) is 0 Å². The van der Waals surface area contributed by atoms with Crippen LogP contribution in [0.1, 0.15) is 55.5 Å². The molecule has 0 saturated heterocycles. The second kappa shape index (κ2) is 6.90. The van der Waals surface area contributed by atoms with E-state index in [0.717, 1.165) is 10.6 Å². The molecule has 1 heterocycles. The van der Waals surface area contributed by atoms with Crippen molar-refractivity contribution in [2.24, 2.45) is 0 Å². The summed E-state index contributed by atoms with van der Waals surface area (Å²) < 4.78 is 0. The molecule has 0 aliphatic carbocycles. The van der Waals surface area contributed by atoms with E-state index in [1.807, 2.05) is 17.5 Å². The van der Waals surface area contributed by atoms with Crippen molar-refractivity contribution in [1.82, 2.24) is 0 Å². The molecular formula is C18H23NOS. The van der Waals surface area contributed by atoms with Crippen molar-refractivity contribution in [2.75, 3.05) is 5.32 Å². The number of rotatable bonds is 5. The topological polar surface area (TPSA) is 29.1 Å². The van der Waals surface area contributed by atoms with Gasteiger partial charge in [-0.2, -0.15) is 0 Å². The Morgan fingerprint density at radius 1 is 1.05 bits per heavy atom. The lowest BCUT2D eigenvalue weighted by atomic mass is 9.92. The summed E-state index contributed by atoms with van der Waals surface area (Å²) in [5, 5.41) is 5.15.